The molecule has 0 saturated carbocycles. The molecular formula is C34H30N2O3. The molecule has 5 aromatic rings. The first-order valence-corrected chi connectivity index (χ1v) is 13.3. The van der Waals surface area contributed by atoms with Crippen LogP contribution in [0.4, 0.5) is 5.69 Å². The van der Waals surface area contributed by atoms with Gasteiger partial charge in [-0.05, 0) is 53.1 Å². The summed E-state index contributed by atoms with van der Waals surface area (Å²) >= 11 is 0. The Hall–Kier alpha value is -4.77. The molecule has 5 heteroatoms. The zero-order valence-corrected chi connectivity index (χ0v) is 21.6. The van der Waals surface area contributed by atoms with Crippen molar-refractivity contribution in [1.29, 1.82) is 0 Å². The van der Waals surface area contributed by atoms with E-state index in [4.69, 9.17) is 9.47 Å². The molecule has 5 aromatic carbocycles. The van der Waals surface area contributed by atoms with E-state index in [1.165, 1.54) is 5.56 Å². The van der Waals surface area contributed by atoms with Gasteiger partial charge >= 0.3 is 0 Å². The number of anilines is 1. The topological polar surface area (TPSA) is 50.8 Å². The van der Waals surface area contributed by atoms with Crippen LogP contribution in [-0.4, -0.2) is 30.6 Å². The lowest BCUT2D eigenvalue weighted by Gasteiger charge is -2.39. The summed E-state index contributed by atoms with van der Waals surface area (Å²) in [5, 5.41) is 5.82. The Morgan fingerprint density at radius 1 is 0.692 bits per heavy atom. The van der Waals surface area contributed by atoms with Crippen molar-refractivity contribution in [3.05, 3.63) is 138 Å². The SMILES string of the molecule is O=C1c2ccccc2NC(c2c(OCCOc3ccccc3)ccc3ccccc23)N1CCc1ccccc1. The van der Waals surface area contributed by atoms with Gasteiger partial charge in [0.05, 0.1) is 5.56 Å². The zero-order valence-electron chi connectivity index (χ0n) is 21.6. The van der Waals surface area contributed by atoms with Crippen molar-refractivity contribution in [3.8, 4) is 11.5 Å². The second kappa shape index (κ2) is 11.3. The number of benzene rings is 5. The van der Waals surface area contributed by atoms with E-state index >= 15 is 0 Å². The van der Waals surface area contributed by atoms with Crippen LogP contribution < -0.4 is 14.8 Å². The van der Waals surface area contributed by atoms with Crippen LogP contribution in [0.1, 0.15) is 27.7 Å². The van der Waals surface area contributed by atoms with E-state index in [1.807, 2.05) is 95.9 Å². The van der Waals surface area contributed by atoms with Crippen molar-refractivity contribution in [2.75, 3.05) is 25.1 Å². The summed E-state index contributed by atoms with van der Waals surface area (Å²) in [4.78, 5) is 15.8. The van der Waals surface area contributed by atoms with E-state index in [1.54, 1.807) is 0 Å². The largest absolute Gasteiger partial charge is 0.490 e. The molecule has 194 valence electrons. The summed E-state index contributed by atoms with van der Waals surface area (Å²) in [5.74, 6) is 1.56. The molecule has 0 saturated heterocycles. The van der Waals surface area contributed by atoms with E-state index in [0.29, 0.717) is 25.3 Å². The maximum atomic E-state index is 13.9. The molecule has 1 aliphatic rings. The first-order chi connectivity index (χ1) is 19.3. The molecule has 1 unspecified atom stereocenters. The number of ether oxygens (including phenoxy) is 2. The number of hydrogen-bond donors (Lipinski definition) is 1. The van der Waals surface area contributed by atoms with Crippen LogP contribution in [0.5, 0.6) is 11.5 Å². The summed E-state index contributed by atoms with van der Waals surface area (Å²) in [6.45, 7) is 1.35. The highest BCUT2D eigenvalue weighted by Crippen LogP contribution is 2.40. The number of nitrogens with zero attached hydrogens (tertiary/aromatic N) is 1. The summed E-state index contributed by atoms with van der Waals surface area (Å²) in [7, 11) is 0. The summed E-state index contributed by atoms with van der Waals surface area (Å²) in [6.07, 6.45) is 0.353. The van der Waals surface area contributed by atoms with Gasteiger partial charge in [0.2, 0.25) is 0 Å². The van der Waals surface area contributed by atoms with Gasteiger partial charge in [-0.2, -0.15) is 0 Å². The number of fused-ring (bicyclic) bond motifs is 2. The fraction of sp³-hybridized carbons (Fsp3) is 0.147. The average molecular weight is 515 g/mol. The highest BCUT2D eigenvalue weighted by molar-refractivity contribution is 6.02. The van der Waals surface area contributed by atoms with Crippen LogP contribution in [0, 0.1) is 0 Å². The Kier molecular flexibility index (Phi) is 7.13. The maximum Gasteiger partial charge on any atom is 0.257 e. The number of amides is 1. The Morgan fingerprint density at radius 2 is 1.38 bits per heavy atom. The third-order valence-corrected chi connectivity index (χ3v) is 7.06. The predicted molar refractivity (Wildman–Crippen MR) is 155 cm³/mol. The summed E-state index contributed by atoms with van der Waals surface area (Å²) in [5.41, 5.74) is 3.65. The molecule has 39 heavy (non-hydrogen) atoms. The Balaban J connectivity index is 1.35. The van der Waals surface area contributed by atoms with Crippen LogP contribution in [0.2, 0.25) is 0 Å². The summed E-state index contributed by atoms with van der Waals surface area (Å²) in [6, 6.07) is 40.0. The highest BCUT2D eigenvalue weighted by Gasteiger charge is 2.35. The third-order valence-electron chi connectivity index (χ3n) is 7.06. The third kappa shape index (κ3) is 5.30. The van der Waals surface area contributed by atoms with Crippen LogP contribution in [0.15, 0.2) is 121 Å². The second-order valence-corrected chi connectivity index (χ2v) is 9.54. The quantitative estimate of drug-likeness (QED) is 0.213. The van der Waals surface area contributed by atoms with Gasteiger partial charge in [0.25, 0.3) is 5.91 Å². The molecular weight excluding hydrogens is 484 g/mol. The maximum absolute atomic E-state index is 13.9. The van der Waals surface area contributed by atoms with Crippen LogP contribution >= 0.6 is 0 Å². The molecule has 0 radical (unpaired) electrons. The fourth-order valence-electron chi connectivity index (χ4n) is 5.16. The summed E-state index contributed by atoms with van der Waals surface area (Å²) < 4.78 is 12.2. The lowest BCUT2D eigenvalue weighted by atomic mass is 9.97. The second-order valence-electron chi connectivity index (χ2n) is 9.54. The van der Waals surface area contributed by atoms with Crippen molar-refractivity contribution >= 4 is 22.4 Å². The van der Waals surface area contributed by atoms with Gasteiger partial charge < -0.3 is 19.7 Å². The predicted octanol–water partition coefficient (Wildman–Crippen LogP) is 7.11. The Bertz CT molecular complexity index is 1570. The molecule has 0 bridgehead atoms. The number of carbonyl (C=O) groups excluding carboxylic acids is 1. The molecule has 1 heterocycles. The van der Waals surface area contributed by atoms with Gasteiger partial charge in [0.15, 0.2) is 0 Å². The first-order valence-electron chi connectivity index (χ1n) is 13.3. The van der Waals surface area contributed by atoms with E-state index < -0.39 is 6.17 Å². The van der Waals surface area contributed by atoms with Crippen LogP contribution in [0.3, 0.4) is 0 Å². The van der Waals surface area contributed by atoms with Crippen molar-refractivity contribution in [3.63, 3.8) is 0 Å². The van der Waals surface area contributed by atoms with Crippen LogP contribution in [0.25, 0.3) is 10.8 Å². The molecule has 0 aromatic heterocycles. The molecule has 1 atom stereocenters. The Morgan fingerprint density at radius 3 is 2.23 bits per heavy atom. The standard InChI is InChI=1S/C34H30N2O3/c37-34-29-17-9-10-18-30(29)35-33(36(34)22-21-25-11-3-1-4-12-25)32-28-16-8-7-13-26(28)19-20-31(32)39-24-23-38-27-14-5-2-6-15-27/h1-20,33,35H,21-24H2. The minimum absolute atomic E-state index is 0.0107. The molecule has 0 fully saturated rings. The molecule has 0 aliphatic carbocycles. The number of hydrogen-bond acceptors (Lipinski definition) is 4. The van der Waals surface area contributed by atoms with Crippen molar-refractivity contribution in [2.45, 2.75) is 12.6 Å². The number of rotatable bonds is 9. The molecule has 1 aliphatic heterocycles. The number of nitrogens with one attached hydrogen (secondary N) is 1. The van der Waals surface area contributed by atoms with Gasteiger partial charge in [-0.15, -0.1) is 0 Å². The number of para-hydroxylation sites is 2. The minimum Gasteiger partial charge on any atom is -0.490 e. The number of carbonyl (C=O) groups is 1. The lowest BCUT2D eigenvalue weighted by Crippen LogP contribution is -2.44. The van der Waals surface area contributed by atoms with Crippen molar-refractivity contribution in [1.82, 2.24) is 4.90 Å². The fourth-order valence-corrected chi connectivity index (χ4v) is 5.16. The van der Waals surface area contributed by atoms with Gasteiger partial charge in [-0.1, -0.05) is 91.0 Å². The smallest absolute Gasteiger partial charge is 0.257 e. The van der Waals surface area contributed by atoms with Crippen LogP contribution in [-0.2, 0) is 6.42 Å². The Labute approximate surface area is 228 Å². The normalized spacial score (nSPS) is 14.5. The van der Waals surface area contributed by atoms with E-state index in [2.05, 4.69) is 35.6 Å². The molecule has 6 rings (SSSR count). The monoisotopic (exact) mass is 514 g/mol. The molecule has 5 nitrogen and oxygen atoms in total. The van der Waals surface area contributed by atoms with E-state index in [0.717, 1.165) is 39.9 Å². The van der Waals surface area contributed by atoms with Crippen molar-refractivity contribution in [2.24, 2.45) is 0 Å². The van der Waals surface area contributed by atoms with Gasteiger partial charge in [0.1, 0.15) is 30.9 Å². The molecule has 1 amide bonds. The van der Waals surface area contributed by atoms with E-state index in [9.17, 15) is 4.79 Å². The average Bonchev–Trinajstić information content (AvgIpc) is 2.99. The minimum atomic E-state index is -0.396. The van der Waals surface area contributed by atoms with Gasteiger partial charge in [-0.25, -0.2) is 0 Å². The molecule has 0 spiro atoms. The van der Waals surface area contributed by atoms with Gasteiger partial charge in [-0.3, -0.25) is 4.79 Å². The van der Waals surface area contributed by atoms with Crippen molar-refractivity contribution < 1.29 is 14.3 Å². The zero-order chi connectivity index (χ0) is 26.4. The van der Waals surface area contributed by atoms with E-state index in [-0.39, 0.29) is 5.91 Å². The highest BCUT2D eigenvalue weighted by atomic mass is 16.5. The van der Waals surface area contributed by atoms with Gasteiger partial charge in [0, 0.05) is 17.8 Å². The lowest BCUT2D eigenvalue weighted by molar-refractivity contribution is 0.0684. The first kappa shape index (κ1) is 24.6. The molecule has 1 N–H and O–H groups in total.